The van der Waals surface area contributed by atoms with E-state index >= 15 is 0 Å². The highest BCUT2D eigenvalue weighted by Crippen LogP contribution is 2.25. The number of piperidine rings is 1. The zero-order valence-electron chi connectivity index (χ0n) is 18.9. The summed E-state index contributed by atoms with van der Waals surface area (Å²) in [4.78, 5) is 24.2. The number of nitrogens with zero attached hydrogens (tertiary/aromatic N) is 1. The van der Waals surface area contributed by atoms with Crippen molar-refractivity contribution in [2.75, 3.05) is 32.8 Å². The molecule has 1 aromatic carbocycles. The molecule has 3 rings (SSSR count). The first kappa shape index (κ1) is 24.8. The normalized spacial score (nSPS) is 15.2. The van der Waals surface area contributed by atoms with Crippen LogP contribution in [0.15, 0.2) is 45.9 Å². The minimum atomic E-state index is -3.88. The predicted molar refractivity (Wildman–Crippen MR) is 120 cm³/mol. The van der Waals surface area contributed by atoms with Gasteiger partial charge >= 0.3 is 5.97 Å². The van der Waals surface area contributed by atoms with Gasteiger partial charge in [0, 0.05) is 25.6 Å². The molecule has 33 heavy (non-hydrogen) atoms. The Kier molecular flexibility index (Phi) is 8.51. The second-order valence-electron chi connectivity index (χ2n) is 7.83. The molecule has 2 heterocycles. The highest BCUT2D eigenvalue weighted by atomic mass is 32.2. The van der Waals surface area contributed by atoms with Crippen LogP contribution >= 0.6 is 0 Å². The Morgan fingerprint density at radius 1 is 1.18 bits per heavy atom. The molecule has 0 bridgehead atoms. The highest BCUT2D eigenvalue weighted by Gasteiger charge is 2.34. The topological polar surface area (TPSA) is 115 Å². The third kappa shape index (κ3) is 6.58. The summed E-state index contributed by atoms with van der Waals surface area (Å²) in [5, 5.41) is 2.60. The lowest BCUT2D eigenvalue weighted by Gasteiger charge is -2.29. The quantitative estimate of drug-likeness (QED) is 0.412. The van der Waals surface area contributed by atoms with Crippen LogP contribution in [0.5, 0.6) is 5.75 Å². The first-order chi connectivity index (χ1) is 15.8. The molecular formula is C23H30N2O7S. The van der Waals surface area contributed by atoms with Crippen LogP contribution in [0.25, 0.3) is 0 Å². The minimum absolute atomic E-state index is 0.0785. The van der Waals surface area contributed by atoms with Gasteiger partial charge in [0.25, 0.3) is 10.0 Å². The van der Waals surface area contributed by atoms with E-state index in [1.54, 1.807) is 6.92 Å². The SMILES string of the molecule is CCOC(=O)c1ccc(S(=O)(=O)N2CCC(C(=O)NCCCOc3cccc(C)c3)CC2)o1. The van der Waals surface area contributed by atoms with Crippen molar-refractivity contribution in [2.45, 2.75) is 38.2 Å². The molecule has 0 unspecified atom stereocenters. The number of hydrogen-bond acceptors (Lipinski definition) is 7. The number of amides is 1. The molecule has 0 atom stereocenters. The Morgan fingerprint density at radius 3 is 2.64 bits per heavy atom. The summed E-state index contributed by atoms with van der Waals surface area (Å²) in [6.07, 6.45) is 1.50. The van der Waals surface area contributed by atoms with E-state index in [1.165, 1.54) is 16.4 Å². The van der Waals surface area contributed by atoms with Crippen LogP contribution in [0.1, 0.15) is 42.3 Å². The summed E-state index contributed by atoms with van der Waals surface area (Å²) in [7, 11) is -3.88. The Labute approximate surface area is 194 Å². The van der Waals surface area contributed by atoms with Crippen LogP contribution in [-0.2, 0) is 19.6 Å². The molecule has 1 N–H and O–H groups in total. The molecule has 1 aliphatic heterocycles. The Bertz CT molecular complexity index is 1060. The molecule has 1 aliphatic rings. The number of nitrogens with one attached hydrogen (secondary N) is 1. The molecule has 1 saturated heterocycles. The molecular weight excluding hydrogens is 448 g/mol. The third-order valence-electron chi connectivity index (χ3n) is 5.36. The monoisotopic (exact) mass is 478 g/mol. The van der Waals surface area contributed by atoms with E-state index < -0.39 is 16.0 Å². The maximum atomic E-state index is 12.8. The zero-order valence-corrected chi connectivity index (χ0v) is 19.7. The van der Waals surface area contributed by atoms with E-state index in [9.17, 15) is 18.0 Å². The minimum Gasteiger partial charge on any atom is -0.494 e. The third-order valence-corrected chi connectivity index (χ3v) is 7.13. The largest absolute Gasteiger partial charge is 0.494 e. The summed E-state index contributed by atoms with van der Waals surface area (Å²) >= 11 is 0. The van der Waals surface area contributed by atoms with Gasteiger partial charge in [0.15, 0.2) is 0 Å². The number of carbonyl (C=O) groups excluding carboxylic acids is 2. The molecule has 0 radical (unpaired) electrons. The molecule has 2 aromatic rings. The molecule has 9 nitrogen and oxygen atoms in total. The molecule has 180 valence electrons. The maximum absolute atomic E-state index is 12.8. The van der Waals surface area contributed by atoms with Crippen molar-refractivity contribution in [3.63, 3.8) is 0 Å². The second kappa shape index (κ2) is 11.3. The fraction of sp³-hybridized carbons (Fsp3) is 0.478. The standard InChI is InChI=1S/C23H30N2O7S/c1-3-30-23(27)20-8-9-21(32-20)33(28,29)25-13-10-18(11-14-25)22(26)24-12-5-15-31-19-7-4-6-17(2)16-19/h4,6-9,16,18H,3,5,10-15H2,1-2H3,(H,24,26). The van der Waals surface area contributed by atoms with E-state index in [2.05, 4.69) is 5.32 Å². The van der Waals surface area contributed by atoms with Crippen molar-refractivity contribution in [2.24, 2.45) is 5.92 Å². The summed E-state index contributed by atoms with van der Waals surface area (Å²) in [6.45, 7) is 5.20. The summed E-state index contributed by atoms with van der Waals surface area (Å²) in [5.41, 5.74) is 1.13. The number of hydrogen-bond donors (Lipinski definition) is 1. The van der Waals surface area contributed by atoms with Crippen LogP contribution < -0.4 is 10.1 Å². The number of sulfonamides is 1. The van der Waals surface area contributed by atoms with Crippen molar-refractivity contribution in [1.82, 2.24) is 9.62 Å². The van der Waals surface area contributed by atoms with Gasteiger partial charge in [0.2, 0.25) is 16.8 Å². The second-order valence-corrected chi connectivity index (χ2v) is 9.70. The number of esters is 1. The number of rotatable bonds is 10. The first-order valence-electron chi connectivity index (χ1n) is 11.1. The predicted octanol–water partition coefficient (Wildman–Crippen LogP) is 2.75. The molecule has 1 aromatic heterocycles. The fourth-order valence-electron chi connectivity index (χ4n) is 3.58. The Hall–Kier alpha value is -2.85. The maximum Gasteiger partial charge on any atom is 0.374 e. The van der Waals surface area contributed by atoms with Gasteiger partial charge in [0.05, 0.1) is 13.2 Å². The summed E-state index contributed by atoms with van der Waals surface area (Å²) in [5.74, 6) is -0.387. The van der Waals surface area contributed by atoms with Gasteiger partial charge in [-0.1, -0.05) is 12.1 Å². The fourth-order valence-corrected chi connectivity index (χ4v) is 4.96. The number of carbonyl (C=O) groups is 2. The number of furan rings is 1. The Morgan fingerprint density at radius 2 is 1.94 bits per heavy atom. The lowest BCUT2D eigenvalue weighted by molar-refractivity contribution is -0.126. The van der Waals surface area contributed by atoms with Crippen LogP contribution in [0, 0.1) is 12.8 Å². The first-order valence-corrected chi connectivity index (χ1v) is 12.5. The molecule has 0 spiro atoms. The number of ether oxygens (including phenoxy) is 2. The van der Waals surface area contributed by atoms with Gasteiger partial charge in [-0.15, -0.1) is 0 Å². The summed E-state index contributed by atoms with van der Waals surface area (Å²) < 4.78 is 42.6. The lowest BCUT2D eigenvalue weighted by Crippen LogP contribution is -2.43. The van der Waals surface area contributed by atoms with Gasteiger partial charge in [-0.2, -0.15) is 4.31 Å². The van der Waals surface area contributed by atoms with E-state index in [4.69, 9.17) is 13.9 Å². The van der Waals surface area contributed by atoms with Crippen molar-refractivity contribution in [1.29, 1.82) is 0 Å². The van der Waals surface area contributed by atoms with E-state index in [0.717, 1.165) is 11.3 Å². The van der Waals surface area contributed by atoms with Crippen molar-refractivity contribution >= 4 is 21.9 Å². The molecule has 10 heteroatoms. The Balaban J connectivity index is 1.41. The van der Waals surface area contributed by atoms with Gasteiger partial charge in [-0.3, -0.25) is 4.79 Å². The molecule has 1 amide bonds. The number of benzene rings is 1. The zero-order chi connectivity index (χ0) is 23.8. The van der Waals surface area contributed by atoms with Crippen molar-refractivity contribution < 1.29 is 31.9 Å². The van der Waals surface area contributed by atoms with Crippen LogP contribution in [0.3, 0.4) is 0 Å². The van der Waals surface area contributed by atoms with Gasteiger partial charge in [-0.25, -0.2) is 13.2 Å². The van der Waals surface area contributed by atoms with E-state index in [0.29, 0.717) is 32.4 Å². The lowest BCUT2D eigenvalue weighted by atomic mass is 9.97. The van der Waals surface area contributed by atoms with Gasteiger partial charge < -0.3 is 19.2 Å². The highest BCUT2D eigenvalue weighted by molar-refractivity contribution is 7.89. The average molecular weight is 479 g/mol. The van der Waals surface area contributed by atoms with Crippen molar-refractivity contribution in [3.05, 3.63) is 47.7 Å². The van der Waals surface area contributed by atoms with Crippen molar-refractivity contribution in [3.8, 4) is 5.75 Å². The molecule has 1 fully saturated rings. The summed E-state index contributed by atoms with van der Waals surface area (Å²) in [6, 6.07) is 10.3. The molecule has 0 aliphatic carbocycles. The average Bonchev–Trinajstić information content (AvgIpc) is 3.30. The molecule has 0 saturated carbocycles. The number of aryl methyl sites for hydroxylation is 1. The smallest absolute Gasteiger partial charge is 0.374 e. The van der Waals surface area contributed by atoms with Crippen LogP contribution in [0.2, 0.25) is 0 Å². The van der Waals surface area contributed by atoms with E-state index in [1.807, 2.05) is 31.2 Å². The van der Waals surface area contributed by atoms with E-state index in [-0.39, 0.29) is 42.4 Å². The van der Waals surface area contributed by atoms with Crippen LogP contribution in [-0.4, -0.2) is 57.4 Å². The van der Waals surface area contributed by atoms with Gasteiger partial charge in [0.1, 0.15) is 5.75 Å². The van der Waals surface area contributed by atoms with Crippen LogP contribution in [0.4, 0.5) is 0 Å². The van der Waals surface area contributed by atoms with Gasteiger partial charge in [-0.05, 0) is 62.9 Å².